The van der Waals surface area contributed by atoms with E-state index in [0.29, 0.717) is 6.42 Å². The summed E-state index contributed by atoms with van der Waals surface area (Å²) in [5.74, 6) is -2.24. The summed E-state index contributed by atoms with van der Waals surface area (Å²) in [7, 11) is 0. The highest BCUT2D eigenvalue weighted by atomic mass is 16.4. The summed E-state index contributed by atoms with van der Waals surface area (Å²) in [6, 6.07) is 0. The van der Waals surface area contributed by atoms with E-state index in [1.807, 2.05) is 0 Å². The smallest absolute Gasteiger partial charge is 0.332 e. The largest absolute Gasteiger partial charge is 0.478 e. The van der Waals surface area contributed by atoms with Crippen LogP contribution in [-0.2, 0) is 9.59 Å². The fourth-order valence-corrected chi connectivity index (χ4v) is 3.43. The average Bonchev–Trinajstić information content (AvgIpc) is 2.63. The normalized spacial score (nSPS) is 12.1. The summed E-state index contributed by atoms with van der Waals surface area (Å²) >= 11 is 0. The van der Waals surface area contributed by atoms with E-state index < -0.39 is 11.9 Å². The van der Waals surface area contributed by atoms with Crippen molar-refractivity contribution in [2.45, 2.75) is 123 Å². The van der Waals surface area contributed by atoms with Gasteiger partial charge in [-0.25, -0.2) is 9.59 Å². The molecule has 4 heteroatoms. The van der Waals surface area contributed by atoms with Gasteiger partial charge >= 0.3 is 11.9 Å². The predicted octanol–water partition coefficient (Wildman–Crippen LogP) is 7.12. The molecule has 0 spiro atoms. The minimum atomic E-state index is -1.14. The second kappa shape index (κ2) is 18.1. The molecule has 0 aromatic heterocycles. The Morgan fingerprint density at radius 3 is 1.19 bits per heavy atom. The van der Waals surface area contributed by atoms with Crippen LogP contribution in [0.1, 0.15) is 123 Å². The van der Waals surface area contributed by atoms with Gasteiger partial charge < -0.3 is 10.2 Å². The highest BCUT2D eigenvalue weighted by Crippen LogP contribution is 2.17. The lowest BCUT2D eigenvalue weighted by Crippen LogP contribution is -2.09. The number of rotatable bonds is 19. The van der Waals surface area contributed by atoms with Crippen LogP contribution in [0.3, 0.4) is 0 Å². The molecular formula is C23H42O4. The van der Waals surface area contributed by atoms with Gasteiger partial charge in [-0.15, -0.1) is 0 Å². The van der Waals surface area contributed by atoms with Gasteiger partial charge in [0.25, 0.3) is 0 Å². The molecule has 158 valence electrons. The van der Waals surface area contributed by atoms with Gasteiger partial charge in [-0.2, -0.15) is 0 Å². The monoisotopic (exact) mass is 382 g/mol. The minimum Gasteiger partial charge on any atom is -0.478 e. The molecule has 0 aliphatic carbocycles. The van der Waals surface area contributed by atoms with Gasteiger partial charge in [0.2, 0.25) is 0 Å². The Bertz CT molecular complexity index is 426. The maximum absolute atomic E-state index is 11.1. The standard InChI is InChI=1S/C23H42O4/c1-3-4-5-6-7-8-9-10-11-12-13-14-15-16-17-18-19-21(23(26)27)20(2)22(24)25/h3-19H2,1-2H3,(H,24,25)(H,26,27)/b21-20-. The van der Waals surface area contributed by atoms with E-state index in [4.69, 9.17) is 10.2 Å². The highest BCUT2D eigenvalue weighted by Gasteiger charge is 2.15. The Morgan fingerprint density at radius 2 is 0.889 bits per heavy atom. The van der Waals surface area contributed by atoms with Crippen LogP contribution in [0.15, 0.2) is 11.1 Å². The molecule has 0 bridgehead atoms. The maximum Gasteiger partial charge on any atom is 0.332 e. The first-order valence-corrected chi connectivity index (χ1v) is 11.2. The number of hydrogen-bond donors (Lipinski definition) is 2. The van der Waals surface area contributed by atoms with Crippen molar-refractivity contribution < 1.29 is 19.8 Å². The van der Waals surface area contributed by atoms with Crippen LogP contribution in [0.2, 0.25) is 0 Å². The van der Waals surface area contributed by atoms with Crippen molar-refractivity contribution in [3.8, 4) is 0 Å². The van der Waals surface area contributed by atoms with E-state index in [9.17, 15) is 9.59 Å². The molecule has 0 rings (SSSR count). The number of aliphatic carboxylic acids is 2. The predicted molar refractivity (Wildman–Crippen MR) is 112 cm³/mol. The van der Waals surface area contributed by atoms with Gasteiger partial charge in [-0.1, -0.05) is 103 Å². The fourth-order valence-electron chi connectivity index (χ4n) is 3.43. The summed E-state index contributed by atoms with van der Waals surface area (Å²) in [6.07, 6.45) is 20.7. The summed E-state index contributed by atoms with van der Waals surface area (Å²) in [6.45, 7) is 3.63. The van der Waals surface area contributed by atoms with E-state index in [1.165, 1.54) is 90.4 Å². The molecule has 0 unspecified atom stereocenters. The van der Waals surface area contributed by atoms with Crippen molar-refractivity contribution in [1.82, 2.24) is 0 Å². The number of hydrogen-bond acceptors (Lipinski definition) is 2. The summed E-state index contributed by atoms with van der Waals surface area (Å²) < 4.78 is 0. The summed E-state index contributed by atoms with van der Waals surface area (Å²) in [5, 5.41) is 18.0. The molecule has 0 aliphatic rings. The Labute approximate surface area is 166 Å². The van der Waals surface area contributed by atoms with E-state index >= 15 is 0 Å². The molecule has 0 fully saturated rings. The topological polar surface area (TPSA) is 74.6 Å². The third-order valence-electron chi connectivity index (χ3n) is 5.31. The average molecular weight is 383 g/mol. The minimum absolute atomic E-state index is 0.0385. The van der Waals surface area contributed by atoms with E-state index in [1.54, 1.807) is 0 Å². The molecule has 2 N–H and O–H groups in total. The quantitative estimate of drug-likeness (QED) is 0.184. The molecule has 0 radical (unpaired) electrons. The lowest BCUT2D eigenvalue weighted by molar-refractivity contribution is -0.136. The Kier molecular flexibility index (Phi) is 17.2. The molecule has 0 aromatic carbocycles. The summed E-state index contributed by atoms with van der Waals surface area (Å²) in [5.41, 5.74) is 0.0105. The van der Waals surface area contributed by atoms with Crippen molar-refractivity contribution in [3.05, 3.63) is 11.1 Å². The van der Waals surface area contributed by atoms with E-state index in [0.717, 1.165) is 19.3 Å². The Balaban J connectivity index is 3.44. The lowest BCUT2D eigenvalue weighted by atomic mass is 10.0. The number of carboxylic acid groups (broad SMARTS) is 2. The molecule has 0 heterocycles. The maximum atomic E-state index is 11.1. The summed E-state index contributed by atoms with van der Waals surface area (Å²) in [4.78, 5) is 22.0. The molecule has 0 saturated heterocycles. The third-order valence-corrected chi connectivity index (χ3v) is 5.31. The van der Waals surface area contributed by atoms with Crippen molar-refractivity contribution in [2.24, 2.45) is 0 Å². The SMILES string of the molecule is CCCCCCCCCCCCCCCCCC/C(C(=O)O)=C(\C)C(=O)O. The van der Waals surface area contributed by atoms with Gasteiger partial charge in [0, 0.05) is 11.1 Å². The molecule has 0 aromatic rings. The zero-order valence-electron chi connectivity index (χ0n) is 17.7. The van der Waals surface area contributed by atoms with Gasteiger partial charge in [0.1, 0.15) is 0 Å². The third kappa shape index (κ3) is 15.4. The van der Waals surface area contributed by atoms with Crippen LogP contribution in [0.5, 0.6) is 0 Å². The van der Waals surface area contributed by atoms with Crippen LogP contribution in [0.4, 0.5) is 0 Å². The number of carboxylic acids is 2. The van der Waals surface area contributed by atoms with Gasteiger partial charge in [-0.05, 0) is 19.8 Å². The van der Waals surface area contributed by atoms with Crippen molar-refractivity contribution >= 4 is 11.9 Å². The van der Waals surface area contributed by atoms with Gasteiger partial charge in [0.15, 0.2) is 0 Å². The molecule has 0 amide bonds. The van der Waals surface area contributed by atoms with E-state index in [-0.39, 0.29) is 11.1 Å². The number of carbonyl (C=O) groups is 2. The van der Waals surface area contributed by atoms with Crippen molar-refractivity contribution in [3.63, 3.8) is 0 Å². The first kappa shape index (κ1) is 25.7. The van der Waals surface area contributed by atoms with Crippen molar-refractivity contribution in [1.29, 1.82) is 0 Å². The first-order chi connectivity index (χ1) is 13.0. The van der Waals surface area contributed by atoms with Crippen LogP contribution < -0.4 is 0 Å². The van der Waals surface area contributed by atoms with Gasteiger partial charge in [-0.3, -0.25) is 0 Å². The van der Waals surface area contributed by atoms with Crippen LogP contribution >= 0.6 is 0 Å². The van der Waals surface area contributed by atoms with Gasteiger partial charge in [0.05, 0.1) is 0 Å². The molecule has 0 saturated carbocycles. The van der Waals surface area contributed by atoms with Crippen LogP contribution in [-0.4, -0.2) is 22.2 Å². The van der Waals surface area contributed by atoms with Crippen LogP contribution in [0, 0.1) is 0 Å². The highest BCUT2D eigenvalue weighted by molar-refractivity contribution is 5.98. The lowest BCUT2D eigenvalue weighted by Gasteiger charge is -2.06. The molecule has 0 aliphatic heterocycles. The molecule has 4 nitrogen and oxygen atoms in total. The molecule has 27 heavy (non-hydrogen) atoms. The zero-order chi connectivity index (χ0) is 20.3. The first-order valence-electron chi connectivity index (χ1n) is 11.2. The van der Waals surface area contributed by atoms with E-state index in [2.05, 4.69) is 6.92 Å². The molecule has 0 atom stereocenters. The second-order valence-corrected chi connectivity index (χ2v) is 7.77. The van der Waals surface area contributed by atoms with Crippen LogP contribution in [0.25, 0.3) is 0 Å². The van der Waals surface area contributed by atoms with Crippen molar-refractivity contribution in [2.75, 3.05) is 0 Å². The Morgan fingerprint density at radius 1 is 0.556 bits per heavy atom. The zero-order valence-corrected chi connectivity index (χ0v) is 17.7. The number of unbranched alkanes of at least 4 members (excludes halogenated alkanes) is 15. The second-order valence-electron chi connectivity index (χ2n) is 7.77. The Hall–Kier alpha value is -1.32. The fraction of sp³-hybridized carbons (Fsp3) is 0.826. The molecular weight excluding hydrogens is 340 g/mol.